The van der Waals surface area contributed by atoms with Gasteiger partial charge < -0.3 is 14.3 Å². The van der Waals surface area contributed by atoms with E-state index in [9.17, 15) is 19.7 Å². The molecule has 0 aliphatic heterocycles. The number of aromatic nitrogens is 2. The molecule has 0 bridgehead atoms. The predicted octanol–water partition coefficient (Wildman–Crippen LogP) is 7.29. The van der Waals surface area contributed by atoms with Crippen molar-refractivity contribution in [1.29, 1.82) is 0 Å². The molecule has 13 heteroatoms. The summed E-state index contributed by atoms with van der Waals surface area (Å²) in [7, 11) is 0. The van der Waals surface area contributed by atoms with Gasteiger partial charge in [0.15, 0.2) is 5.76 Å². The molecule has 0 aliphatic rings. The number of carboxylic acids is 1. The molecule has 0 amide bonds. The number of carbonyl (C=O) groups is 1. The summed E-state index contributed by atoms with van der Waals surface area (Å²) >= 11 is 9.86. The van der Waals surface area contributed by atoms with Gasteiger partial charge in [-0.3, -0.25) is 14.9 Å². The van der Waals surface area contributed by atoms with Gasteiger partial charge in [0.05, 0.1) is 32.6 Å². The van der Waals surface area contributed by atoms with Crippen LogP contribution in [0.4, 0.5) is 5.69 Å². The topological polar surface area (TPSA) is 150 Å². The number of fused-ring (bicyclic) bond motifs is 2. The fourth-order valence-electron chi connectivity index (χ4n) is 4.49. The van der Waals surface area contributed by atoms with E-state index in [-0.39, 0.29) is 34.3 Å². The van der Waals surface area contributed by atoms with E-state index in [4.69, 9.17) is 25.9 Å². The van der Waals surface area contributed by atoms with Crippen molar-refractivity contribution in [2.24, 2.45) is 5.10 Å². The first-order chi connectivity index (χ1) is 21.2. The number of hydrogen-bond donors (Lipinski definition) is 1. The van der Waals surface area contributed by atoms with Gasteiger partial charge >= 0.3 is 11.7 Å². The van der Waals surface area contributed by atoms with Crippen LogP contribution in [0.5, 0.6) is 5.75 Å². The van der Waals surface area contributed by atoms with Crippen LogP contribution in [0.2, 0.25) is 5.02 Å². The zero-order chi connectivity index (χ0) is 31.0. The second-order valence-corrected chi connectivity index (χ2v) is 10.8. The third-order valence-electron chi connectivity index (χ3n) is 6.60. The van der Waals surface area contributed by atoms with Crippen molar-refractivity contribution in [3.63, 3.8) is 0 Å². The molecule has 0 spiro atoms. The lowest BCUT2D eigenvalue weighted by Gasteiger charge is -2.10. The third-order valence-corrected chi connectivity index (χ3v) is 7.38. The average molecular weight is 674 g/mol. The van der Waals surface area contributed by atoms with E-state index < -0.39 is 22.1 Å². The number of halogens is 2. The van der Waals surface area contributed by atoms with Crippen LogP contribution in [0.1, 0.15) is 21.5 Å². The van der Waals surface area contributed by atoms with Crippen molar-refractivity contribution in [3.05, 3.63) is 132 Å². The summed E-state index contributed by atoms with van der Waals surface area (Å²) in [6, 6.07) is 22.5. The number of hydrogen-bond acceptors (Lipinski definition) is 8. The van der Waals surface area contributed by atoms with Crippen LogP contribution in [0.15, 0.2) is 104 Å². The highest BCUT2D eigenvalue weighted by atomic mass is 79.9. The Morgan fingerprint density at radius 1 is 1.11 bits per heavy atom. The summed E-state index contributed by atoms with van der Waals surface area (Å²) in [5.41, 5.74) is 1.03. The summed E-state index contributed by atoms with van der Waals surface area (Å²) in [6.07, 6.45) is 1.26. The highest BCUT2D eigenvalue weighted by Gasteiger charge is 2.21. The lowest BCUT2D eigenvalue weighted by molar-refractivity contribution is -0.385. The largest absolute Gasteiger partial charge is 0.481 e. The van der Waals surface area contributed by atoms with E-state index in [1.165, 1.54) is 42.6 Å². The number of nitro benzene ring substituents is 1. The van der Waals surface area contributed by atoms with E-state index in [0.717, 1.165) is 14.5 Å². The summed E-state index contributed by atoms with van der Waals surface area (Å²) in [5.74, 6) is -0.822. The molecule has 4 aromatic carbocycles. The van der Waals surface area contributed by atoms with Crippen molar-refractivity contribution < 1.29 is 24.0 Å². The number of ether oxygens (including phenoxy) is 1. The summed E-state index contributed by atoms with van der Waals surface area (Å²) < 4.78 is 13.6. The normalized spacial score (nSPS) is 11.4. The second-order valence-electron chi connectivity index (χ2n) is 9.51. The minimum atomic E-state index is -1.08. The molecule has 0 saturated heterocycles. The van der Waals surface area contributed by atoms with Gasteiger partial charge in [-0.1, -0.05) is 51.8 Å². The molecule has 0 radical (unpaired) electrons. The molecule has 218 valence electrons. The fraction of sp³-hybridized carbons (Fsp3) is 0.0323. The number of para-hydroxylation sites is 1. The van der Waals surface area contributed by atoms with Gasteiger partial charge in [0.1, 0.15) is 12.2 Å². The molecule has 0 saturated carbocycles. The highest BCUT2D eigenvalue weighted by molar-refractivity contribution is 9.10. The van der Waals surface area contributed by atoms with Crippen molar-refractivity contribution >= 4 is 67.3 Å². The Hall–Kier alpha value is -5.33. The van der Waals surface area contributed by atoms with Gasteiger partial charge in [0, 0.05) is 21.5 Å². The molecule has 0 unspecified atom stereocenters. The second kappa shape index (κ2) is 11.7. The van der Waals surface area contributed by atoms with Crippen LogP contribution in [0, 0.1) is 10.1 Å². The number of benzene rings is 4. The summed E-state index contributed by atoms with van der Waals surface area (Å²) in [4.78, 5) is 40.6. The first kappa shape index (κ1) is 28.8. The molecular formula is C31H18BrClN4O7. The number of furan rings is 1. The summed E-state index contributed by atoms with van der Waals surface area (Å²) in [6.45, 7) is -0.0938. The maximum atomic E-state index is 13.6. The lowest BCUT2D eigenvalue weighted by Crippen LogP contribution is -2.20. The predicted molar refractivity (Wildman–Crippen MR) is 168 cm³/mol. The van der Waals surface area contributed by atoms with E-state index in [0.29, 0.717) is 27.8 Å². The van der Waals surface area contributed by atoms with Crippen LogP contribution in [0.25, 0.3) is 33.5 Å². The van der Waals surface area contributed by atoms with Gasteiger partial charge in [-0.15, -0.1) is 0 Å². The number of aromatic carboxylic acids is 1. The molecule has 0 aliphatic carbocycles. The molecule has 0 atom stereocenters. The van der Waals surface area contributed by atoms with E-state index in [2.05, 4.69) is 26.0 Å². The maximum Gasteiger partial charge on any atom is 0.335 e. The zero-order valence-electron chi connectivity index (χ0n) is 22.3. The van der Waals surface area contributed by atoms with Crippen molar-refractivity contribution in [3.8, 4) is 17.3 Å². The Kier molecular flexibility index (Phi) is 7.68. The first-order valence-corrected chi connectivity index (χ1v) is 14.0. The maximum absolute atomic E-state index is 13.6. The Balaban J connectivity index is 1.38. The Morgan fingerprint density at radius 3 is 2.64 bits per heavy atom. The van der Waals surface area contributed by atoms with Crippen LogP contribution >= 0.6 is 27.5 Å². The number of rotatable bonds is 8. The lowest BCUT2D eigenvalue weighted by atomic mass is 10.1. The van der Waals surface area contributed by atoms with Gasteiger partial charge in [-0.25, -0.2) is 9.78 Å². The van der Waals surface area contributed by atoms with Crippen molar-refractivity contribution in [2.45, 2.75) is 6.61 Å². The molecule has 11 nitrogen and oxygen atoms in total. The summed E-state index contributed by atoms with van der Waals surface area (Å²) in [5, 5.41) is 26.4. The van der Waals surface area contributed by atoms with E-state index in [1.807, 2.05) is 12.1 Å². The average Bonchev–Trinajstić information content (AvgIpc) is 3.43. The quantitative estimate of drug-likeness (QED) is 0.101. The van der Waals surface area contributed by atoms with E-state index in [1.54, 1.807) is 36.4 Å². The number of carboxylic acid groups (broad SMARTS) is 1. The molecule has 2 aromatic heterocycles. The van der Waals surface area contributed by atoms with Gasteiger partial charge in [-0.2, -0.15) is 9.78 Å². The molecule has 1 N–H and O–H groups in total. The Morgan fingerprint density at radius 2 is 1.89 bits per heavy atom. The minimum absolute atomic E-state index is 0.0603. The van der Waals surface area contributed by atoms with Gasteiger partial charge in [0.2, 0.25) is 11.6 Å². The molecule has 6 aromatic rings. The van der Waals surface area contributed by atoms with Crippen molar-refractivity contribution in [2.75, 3.05) is 0 Å². The monoisotopic (exact) mass is 672 g/mol. The van der Waals surface area contributed by atoms with E-state index >= 15 is 0 Å². The van der Waals surface area contributed by atoms with Crippen molar-refractivity contribution in [1.82, 2.24) is 9.66 Å². The fourth-order valence-corrected chi connectivity index (χ4v) is 5.15. The SMILES string of the molecule is O=C(O)c1ccc(COc2c(Cl)cc(C=Nn3c(-c4cc5cc(Br)ccc5o4)nc4ccccc4c3=O)cc2[N+](=O)[O-])cc1. The molecule has 44 heavy (non-hydrogen) atoms. The Bertz CT molecular complexity index is 2190. The van der Waals surface area contributed by atoms with Crippen LogP contribution in [0.3, 0.4) is 0 Å². The molecule has 2 heterocycles. The van der Waals surface area contributed by atoms with Crippen LogP contribution < -0.4 is 10.3 Å². The number of nitrogens with zero attached hydrogens (tertiary/aromatic N) is 4. The highest BCUT2D eigenvalue weighted by Crippen LogP contribution is 2.36. The zero-order valence-corrected chi connectivity index (χ0v) is 24.7. The Labute approximate surface area is 260 Å². The number of nitro groups is 1. The molecular weight excluding hydrogens is 656 g/mol. The standard InChI is InChI=1S/C31H18BrClN4O7/c32-21-9-10-26-20(13-21)14-27(44-26)29-35-24-4-2-1-3-22(24)30(38)36(29)34-15-18-11-23(33)28(25(12-18)37(41)42)43-16-17-5-7-19(8-6-17)31(39)40/h1-15H,16H2,(H,39,40). The minimum Gasteiger partial charge on any atom is -0.481 e. The molecule has 6 rings (SSSR count). The van der Waals surface area contributed by atoms with Crippen LogP contribution in [-0.2, 0) is 6.61 Å². The molecule has 0 fully saturated rings. The first-order valence-electron chi connectivity index (χ1n) is 12.9. The van der Waals surface area contributed by atoms with Gasteiger partial charge in [-0.05, 0) is 60.2 Å². The third kappa shape index (κ3) is 5.68. The smallest absolute Gasteiger partial charge is 0.335 e. The van der Waals surface area contributed by atoms with Gasteiger partial charge in [0.25, 0.3) is 5.56 Å². The van der Waals surface area contributed by atoms with Crippen LogP contribution in [-0.4, -0.2) is 31.9 Å².